The molecule has 1 heterocycles. The van der Waals surface area contributed by atoms with Crippen LogP contribution in [0.1, 0.15) is 12.8 Å². The summed E-state index contributed by atoms with van der Waals surface area (Å²) in [4.78, 5) is 0. The largest absolute Gasteiger partial charge is 0.499 e. The Hall–Kier alpha value is -1.60. The normalized spacial score (nSPS) is 12.7. The summed E-state index contributed by atoms with van der Waals surface area (Å²) < 4.78 is 9.06. The van der Waals surface area contributed by atoms with Crippen molar-refractivity contribution in [1.82, 2.24) is 0 Å². The molecule has 7 heteroatoms. The molecule has 0 fully saturated rings. The van der Waals surface area contributed by atoms with Crippen molar-refractivity contribution < 1.29 is 34.7 Å². The van der Waals surface area contributed by atoms with Crippen LogP contribution < -0.4 is 4.74 Å². The highest BCUT2D eigenvalue weighted by atomic mass is 16.7. The lowest BCUT2D eigenvalue weighted by Gasteiger charge is -2.09. The number of hydrogen-bond acceptors (Lipinski definition) is 7. The fourth-order valence-corrected chi connectivity index (χ4v) is 0.911. The maximum absolute atomic E-state index is 9.19. The van der Waals surface area contributed by atoms with E-state index in [1.54, 1.807) is 0 Å². The van der Waals surface area contributed by atoms with Gasteiger partial charge in [0.2, 0.25) is 17.8 Å². The molecule has 0 spiro atoms. The Labute approximate surface area is 84.8 Å². The summed E-state index contributed by atoms with van der Waals surface area (Å²) in [6.07, 6.45) is -0.869. The molecule has 0 aromatic carbocycles. The first kappa shape index (κ1) is 11.5. The van der Waals surface area contributed by atoms with Gasteiger partial charge in [-0.1, -0.05) is 0 Å². The Bertz CT molecular complexity index is 319. The Kier molecular flexibility index (Phi) is 3.64. The zero-order valence-corrected chi connectivity index (χ0v) is 7.75. The molecule has 1 aromatic heterocycles. The summed E-state index contributed by atoms with van der Waals surface area (Å²) in [7, 11) is 0. The molecule has 0 saturated heterocycles. The zero-order valence-electron chi connectivity index (χ0n) is 7.75. The minimum absolute atomic E-state index is 0.110. The predicted molar refractivity (Wildman–Crippen MR) is 46.7 cm³/mol. The monoisotopic (exact) mass is 220 g/mol. The second-order valence-corrected chi connectivity index (χ2v) is 2.83. The van der Waals surface area contributed by atoms with Gasteiger partial charge in [0, 0.05) is 13.0 Å². The van der Waals surface area contributed by atoms with E-state index in [0.29, 0.717) is 6.42 Å². The van der Waals surface area contributed by atoms with Crippen molar-refractivity contribution in [1.29, 1.82) is 0 Å². The van der Waals surface area contributed by atoms with Crippen LogP contribution in [0.3, 0.4) is 0 Å². The van der Waals surface area contributed by atoms with Gasteiger partial charge in [-0.15, -0.1) is 0 Å². The van der Waals surface area contributed by atoms with E-state index in [4.69, 9.17) is 20.4 Å². The fraction of sp³-hybridized carbons (Fsp3) is 0.500. The maximum Gasteiger partial charge on any atom is 0.338 e. The molecule has 7 nitrogen and oxygen atoms in total. The summed E-state index contributed by atoms with van der Waals surface area (Å²) >= 11 is 0. The quantitative estimate of drug-likeness (QED) is 0.438. The lowest BCUT2D eigenvalue weighted by molar-refractivity contribution is -0.0439. The number of aromatic hydroxyl groups is 3. The molecule has 0 aliphatic carbocycles. The maximum atomic E-state index is 9.19. The van der Waals surface area contributed by atoms with Crippen molar-refractivity contribution in [2.45, 2.75) is 19.1 Å². The lowest BCUT2D eigenvalue weighted by atomic mass is 10.3. The van der Waals surface area contributed by atoms with Crippen LogP contribution in [-0.4, -0.2) is 38.4 Å². The zero-order chi connectivity index (χ0) is 11.4. The van der Waals surface area contributed by atoms with Gasteiger partial charge >= 0.3 is 11.9 Å². The number of aliphatic hydroxyl groups excluding tert-OH is 2. The number of furan rings is 1. The second kappa shape index (κ2) is 4.76. The standard InChI is InChI=1S/C8H12O7/c9-3-1-2-4(10)14-8-6(12)5(11)7(13)15-8/h4,9-13H,1-3H2. The minimum Gasteiger partial charge on any atom is -0.499 e. The minimum atomic E-state index is -1.30. The van der Waals surface area contributed by atoms with Crippen LogP contribution in [0.2, 0.25) is 0 Å². The van der Waals surface area contributed by atoms with E-state index in [9.17, 15) is 5.11 Å². The first-order valence-corrected chi connectivity index (χ1v) is 4.25. The van der Waals surface area contributed by atoms with E-state index in [0.717, 1.165) is 0 Å². The molecular weight excluding hydrogens is 208 g/mol. The van der Waals surface area contributed by atoms with Crippen LogP contribution in [-0.2, 0) is 0 Å². The number of aliphatic hydroxyl groups is 2. The molecular formula is C8H12O7. The van der Waals surface area contributed by atoms with Crippen molar-refractivity contribution in [2.24, 2.45) is 0 Å². The van der Waals surface area contributed by atoms with Gasteiger partial charge in [-0.3, -0.25) is 0 Å². The van der Waals surface area contributed by atoms with Crippen molar-refractivity contribution in [2.75, 3.05) is 6.61 Å². The topological polar surface area (TPSA) is 124 Å². The van der Waals surface area contributed by atoms with Gasteiger partial charge < -0.3 is 34.7 Å². The summed E-state index contributed by atoms with van der Waals surface area (Å²) in [5, 5.41) is 44.5. The molecule has 0 bridgehead atoms. The number of ether oxygens (including phenoxy) is 1. The van der Waals surface area contributed by atoms with Crippen LogP contribution in [0.5, 0.6) is 23.4 Å². The van der Waals surface area contributed by atoms with Crippen LogP contribution in [0, 0.1) is 0 Å². The van der Waals surface area contributed by atoms with Crippen molar-refractivity contribution >= 4 is 0 Å². The molecule has 1 unspecified atom stereocenters. The summed E-state index contributed by atoms with van der Waals surface area (Å²) in [6, 6.07) is 0. The number of hydrogen-bond donors (Lipinski definition) is 5. The Morgan fingerprint density at radius 2 is 1.87 bits per heavy atom. The van der Waals surface area contributed by atoms with Gasteiger partial charge in [0.05, 0.1) is 0 Å². The van der Waals surface area contributed by atoms with Crippen LogP contribution >= 0.6 is 0 Å². The molecule has 1 aromatic rings. The molecule has 1 atom stereocenters. The first-order chi connectivity index (χ1) is 7.06. The van der Waals surface area contributed by atoms with Gasteiger partial charge in [-0.2, -0.15) is 0 Å². The molecule has 5 N–H and O–H groups in total. The van der Waals surface area contributed by atoms with E-state index >= 15 is 0 Å². The highest BCUT2D eigenvalue weighted by Gasteiger charge is 2.22. The average molecular weight is 220 g/mol. The van der Waals surface area contributed by atoms with Crippen molar-refractivity contribution in [3.63, 3.8) is 0 Å². The molecule has 0 saturated carbocycles. The molecule has 0 aliphatic rings. The Balaban J connectivity index is 2.60. The highest BCUT2D eigenvalue weighted by molar-refractivity contribution is 5.49. The third-order valence-electron chi connectivity index (χ3n) is 1.66. The summed E-state index contributed by atoms with van der Waals surface area (Å²) in [5.74, 6) is -3.10. The molecule has 86 valence electrons. The van der Waals surface area contributed by atoms with Crippen molar-refractivity contribution in [3.8, 4) is 23.4 Å². The van der Waals surface area contributed by atoms with E-state index in [1.807, 2.05) is 0 Å². The SMILES string of the molecule is OCCCC(O)Oc1oc(O)c(O)c1O. The van der Waals surface area contributed by atoms with Crippen LogP contribution in [0.15, 0.2) is 4.42 Å². The van der Waals surface area contributed by atoms with E-state index in [1.165, 1.54) is 0 Å². The van der Waals surface area contributed by atoms with E-state index in [-0.39, 0.29) is 13.0 Å². The summed E-state index contributed by atoms with van der Waals surface area (Å²) in [6.45, 7) is -0.110. The molecule has 0 radical (unpaired) electrons. The third-order valence-corrected chi connectivity index (χ3v) is 1.66. The molecule has 15 heavy (non-hydrogen) atoms. The lowest BCUT2D eigenvalue weighted by Crippen LogP contribution is -2.15. The van der Waals surface area contributed by atoms with Crippen molar-refractivity contribution in [3.05, 3.63) is 0 Å². The Morgan fingerprint density at radius 3 is 2.33 bits per heavy atom. The molecule has 0 aliphatic heterocycles. The Morgan fingerprint density at radius 1 is 1.20 bits per heavy atom. The highest BCUT2D eigenvalue weighted by Crippen LogP contribution is 2.45. The summed E-state index contributed by atoms with van der Waals surface area (Å²) in [5.41, 5.74) is 0. The van der Waals surface area contributed by atoms with Gasteiger partial charge in [-0.25, -0.2) is 0 Å². The second-order valence-electron chi connectivity index (χ2n) is 2.83. The predicted octanol–water partition coefficient (Wildman–Crippen LogP) is -0.134. The number of rotatable bonds is 5. The third kappa shape index (κ3) is 2.67. The van der Waals surface area contributed by atoms with Gasteiger partial charge in [0.1, 0.15) is 0 Å². The van der Waals surface area contributed by atoms with Crippen LogP contribution in [0.4, 0.5) is 0 Å². The van der Waals surface area contributed by atoms with E-state index < -0.39 is 29.7 Å². The first-order valence-electron chi connectivity index (χ1n) is 4.25. The fourth-order valence-electron chi connectivity index (χ4n) is 0.911. The van der Waals surface area contributed by atoms with Gasteiger partial charge in [0.25, 0.3) is 0 Å². The van der Waals surface area contributed by atoms with Crippen LogP contribution in [0.25, 0.3) is 0 Å². The molecule has 0 amide bonds. The molecule has 1 rings (SSSR count). The van der Waals surface area contributed by atoms with Gasteiger partial charge in [-0.05, 0) is 6.42 Å². The van der Waals surface area contributed by atoms with Gasteiger partial charge in [0.15, 0.2) is 0 Å². The van der Waals surface area contributed by atoms with E-state index in [2.05, 4.69) is 9.15 Å². The smallest absolute Gasteiger partial charge is 0.338 e. The average Bonchev–Trinajstić information content (AvgIpc) is 2.43.